The lowest BCUT2D eigenvalue weighted by atomic mass is 9.92. The molecular formula is C38H36N12O5. The second-order valence-corrected chi connectivity index (χ2v) is 12.8. The molecular weight excluding hydrogens is 704 g/mol. The number of carbonyl (C=O) groups excluding carboxylic acids is 5. The number of anilines is 2. The predicted molar refractivity (Wildman–Crippen MR) is 207 cm³/mol. The molecule has 55 heavy (non-hydrogen) atoms. The molecule has 278 valence electrons. The van der Waals surface area contributed by atoms with Gasteiger partial charge in [-0.05, 0) is 63.4 Å². The third kappa shape index (κ3) is 7.39. The Morgan fingerprint density at radius 2 is 1.20 bits per heavy atom. The highest BCUT2D eigenvalue weighted by molar-refractivity contribution is 6.27. The van der Waals surface area contributed by atoms with E-state index in [1.807, 2.05) is 30.3 Å². The molecule has 0 fully saturated rings. The van der Waals surface area contributed by atoms with Gasteiger partial charge in [0, 0.05) is 45.1 Å². The fraction of sp³-hybridized carbons (Fsp3) is 0.158. The zero-order valence-electron chi connectivity index (χ0n) is 29.8. The third-order valence-corrected chi connectivity index (χ3v) is 8.98. The lowest BCUT2D eigenvalue weighted by Gasteiger charge is -2.13. The summed E-state index contributed by atoms with van der Waals surface area (Å²) < 4.78 is 2.97. The predicted octanol–water partition coefficient (Wildman–Crippen LogP) is 3.24. The van der Waals surface area contributed by atoms with E-state index in [-0.39, 0.29) is 46.5 Å². The van der Waals surface area contributed by atoms with Crippen molar-refractivity contribution in [1.82, 2.24) is 34.7 Å². The van der Waals surface area contributed by atoms with E-state index >= 15 is 0 Å². The van der Waals surface area contributed by atoms with Gasteiger partial charge in [0.25, 0.3) is 29.5 Å². The number of rotatable bonds is 12. The molecule has 7 rings (SSSR count). The summed E-state index contributed by atoms with van der Waals surface area (Å²) in [4.78, 5) is 78.6. The maximum Gasteiger partial charge on any atom is 0.296 e. The second-order valence-electron chi connectivity index (χ2n) is 12.8. The molecule has 7 aromatic rings. The summed E-state index contributed by atoms with van der Waals surface area (Å²) in [5.74, 6) is -2.48. The summed E-state index contributed by atoms with van der Waals surface area (Å²) in [6.07, 6.45) is 4.15. The first-order chi connectivity index (χ1) is 26.5. The van der Waals surface area contributed by atoms with Crippen molar-refractivity contribution in [3.05, 3.63) is 108 Å². The van der Waals surface area contributed by atoms with Crippen LogP contribution in [0.3, 0.4) is 0 Å². The maximum absolute atomic E-state index is 13.5. The van der Waals surface area contributed by atoms with E-state index in [2.05, 4.69) is 59.4 Å². The van der Waals surface area contributed by atoms with Gasteiger partial charge in [0.2, 0.25) is 11.6 Å². The van der Waals surface area contributed by atoms with Gasteiger partial charge in [-0.3, -0.25) is 24.0 Å². The Hall–Kier alpha value is -7.56. The lowest BCUT2D eigenvalue weighted by molar-refractivity contribution is 0.0929. The van der Waals surface area contributed by atoms with E-state index in [4.69, 9.17) is 11.5 Å². The van der Waals surface area contributed by atoms with E-state index in [9.17, 15) is 24.0 Å². The molecule has 0 atom stereocenters. The molecule has 3 heterocycles. The number of unbranched alkanes of at least 4 members (excludes halogenated alkanes) is 1. The Morgan fingerprint density at radius 3 is 1.85 bits per heavy atom. The summed E-state index contributed by atoms with van der Waals surface area (Å²) in [5.41, 5.74) is 11.1. The molecule has 0 unspecified atom stereocenters. The Morgan fingerprint density at radius 1 is 0.655 bits per heavy atom. The summed E-state index contributed by atoms with van der Waals surface area (Å²) in [6, 6.07) is 20.8. The van der Waals surface area contributed by atoms with Crippen LogP contribution in [0.25, 0.3) is 32.3 Å². The van der Waals surface area contributed by atoms with Crippen LogP contribution in [0.4, 0.5) is 11.6 Å². The molecule has 0 aliphatic carbocycles. The number of aromatic nitrogens is 5. The van der Waals surface area contributed by atoms with Crippen LogP contribution in [0.1, 0.15) is 65.4 Å². The van der Waals surface area contributed by atoms with E-state index in [0.717, 1.165) is 32.3 Å². The molecule has 17 heteroatoms. The number of nitrogens with one attached hydrogen (secondary N) is 5. The van der Waals surface area contributed by atoms with Crippen molar-refractivity contribution in [1.29, 1.82) is 0 Å². The van der Waals surface area contributed by atoms with Gasteiger partial charge in [-0.25, -0.2) is 9.97 Å². The van der Waals surface area contributed by atoms with Gasteiger partial charge in [-0.1, -0.05) is 48.5 Å². The molecule has 9 N–H and O–H groups in total. The average molecular weight is 741 g/mol. The number of guanidine groups is 1. The van der Waals surface area contributed by atoms with Crippen molar-refractivity contribution < 1.29 is 24.0 Å². The Kier molecular flexibility index (Phi) is 9.65. The molecule has 5 amide bonds. The molecule has 0 aliphatic heterocycles. The van der Waals surface area contributed by atoms with Crippen LogP contribution < -0.4 is 32.7 Å². The molecule has 0 saturated carbocycles. The number of aliphatic imine (C=N–C) groups is 1. The third-order valence-electron chi connectivity index (χ3n) is 8.98. The van der Waals surface area contributed by atoms with Gasteiger partial charge < -0.3 is 46.9 Å². The minimum absolute atomic E-state index is 0.0190. The summed E-state index contributed by atoms with van der Waals surface area (Å²) >= 11 is 0. The van der Waals surface area contributed by atoms with Gasteiger partial charge in [-0.15, -0.1) is 0 Å². The molecule has 4 aromatic carbocycles. The van der Waals surface area contributed by atoms with Gasteiger partial charge in [0.1, 0.15) is 11.4 Å². The fourth-order valence-electron chi connectivity index (χ4n) is 6.42. The Labute approximate surface area is 312 Å². The normalized spacial score (nSPS) is 11.2. The standard InChI is InChI=1S/C38H36N12O5/c1-49-19-28(44-31(49)36(54)42-17-4-3-16-41-34(52)25-14-15-26(43-25)35(53)48-38(39)40)47-37(55)32-45-27(18-50(32)2)46-33(51)24-13-11-22-9-8-20-6-5-7-21-10-12-23(24)30(22)29(20)21/h5-15,18-19,43H,3-4,16-17H2,1-2H3,(H,41,52)(H,42,54)(H,46,51)(H,47,55)(H4,39,40,48,53). The quantitative estimate of drug-likeness (QED) is 0.0420. The van der Waals surface area contributed by atoms with Crippen LogP contribution >= 0.6 is 0 Å². The maximum atomic E-state index is 13.5. The van der Waals surface area contributed by atoms with E-state index in [1.165, 1.54) is 27.5 Å². The minimum Gasteiger partial charge on any atom is -0.370 e. The van der Waals surface area contributed by atoms with Crippen molar-refractivity contribution in [2.24, 2.45) is 30.6 Å². The first-order valence-corrected chi connectivity index (χ1v) is 17.2. The number of hydrogen-bond acceptors (Lipinski definition) is 7. The van der Waals surface area contributed by atoms with Crippen molar-refractivity contribution in [3.63, 3.8) is 0 Å². The van der Waals surface area contributed by atoms with Gasteiger partial charge >= 0.3 is 0 Å². The largest absolute Gasteiger partial charge is 0.370 e. The number of aryl methyl sites for hydroxylation is 2. The van der Waals surface area contributed by atoms with Gasteiger partial charge in [0.15, 0.2) is 17.6 Å². The summed E-state index contributed by atoms with van der Waals surface area (Å²) in [7, 11) is 3.25. The van der Waals surface area contributed by atoms with E-state index in [0.29, 0.717) is 31.5 Å². The van der Waals surface area contributed by atoms with Crippen LogP contribution in [-0.4, -0.2) is 72.7 Å². The number of benzene rings is 4. The van der Waals surface area contributed by atoms with Crippen LogP contribution in [0.2, 0.25) is 0 Å². The highest BCUT2D eigenvalue weighted by atomic mass is 16.2. The van der Waals surface area contributed by atoms with Crippen molar-refractivity contribution in [3.8, 4) is 0 Å². The number of amides is 5. The minimum atomic E-state index is -0.696. The number of aromatic amines is 1. The number of nitrogens with two attached hydrogens (primary N) is 2. The SMILES string of the molecule is Cn1cc(NC(=O)c2nc(NC(=O)c3ccc4ccc5cccc6ccc3c4c56)cn2C)nc1C(=O)NCCCCNC(=O)c1ccc(C(=O)N=C(N)N)[nH]1. The number of nitrogens with zero attached hydrogens (tertiary/aromatic N) is 5. The van der Waals surface area contributed by atoms with Crippen molar-refractivity contribution in [2.75, 3.05) is 23.7 Å². The average Bonchev–Trinajstić information content (AvgIpc) is 3.90. The number of hydrogen-bond donors (Lipinski definition) is 7. The van der Waals surface area contributed by atoms with Crippen LogP contribution in [0.5, 0.6) is 0 Å². The first kappa shape index (κ1) is 35.8. The Balaban J connectivity index is 0.907. The van der Waals surface area contributed by atoms with E-state index in [1.54, 1.807) is 26.4 Å². The van der Waals surface area contributed by atoms with Crippen LogP contribution in [0, 0.1) is 0 Å². The molecule has 0 aliphatic rings. The highest BCUT2D eigenvalue weighted by Gasteiger charge is 2.21. The zero-order valence-corrected chi connectivity index (χ0v) is 29.8. The van der Waals surface area contributed by atoms with Gasteiger partial charge in [0.05, 0.1) is 0 Å². The monoisotopic (exact) mass is 740 g/mol. The molecule has 0 radical (unpaired) electrons. The molecule has 3 aromatic heterocycles. The highest BCUT2D eigenvalue weighted by Crippen LogP contribution is 2.36. The smallest absolute Gasteiger partial charge is 0.296 e. The van der Waals surface area contributed by atoms with Gasteiger partial charge in [-0.2, -0.15) is 4.99 Å². The zero-order chi connectivity index (χ0) is 38.8. The second kappa shape index (κ2) is 14.8. The summed E-state index contributed by atoms with van der Waals surface area (Å²) in [5, 5.41) is 17.2. The number of imidazole rings is 2. The number of carbonyl (C=O) groups is 5. The molecule has 0 saturated heterocycles. The van der Waals surface area contributed by atoms with Crippen LogP contribution in [0.15, 0.2) is 84.1 Å². The summed E-state index contributed by atoms with van der Waals surface area (Å²) in [6.45, 7) is 0.626. The van der Waals surface area contributed by atoms with E-state index < -0.39 is 23.6 Å². The number of H-pyrrole nitrogens is 1. The Bertz CT molecular complexity index is 2650. The van der Waals surface area contributed by atoms with Crippen LogP contribution in [-0.2, 0) is 14.1 Å². The van der Waals surface area contributed by atoms with Crippen molar-refractivity contribution >= 4 is 79.4 Å². The van der Waals surface area contributed by atoms with Crippen molar-refractivity contribution in [2.45, 2.75) is 12.8 Å². The lowest BCUT2D eigenvalue weighted by Crippen LogP contribution is -2.29. The molecule has 17 nitrogen and oxygen atoms in total. The topological polar surface area (TPSA) is 249 Å². The molecule has 0 spiro atoms. The molecule has 0 bridgehead atoms. The fourth-order valence-corrected chi connectivity index (χ4v) is 6.42. The first-order valence-electron chi connectivity index (χ1n) is 17.2.